The maximum absolute atomic E-state index is 10.0. The second-order valence-electron chi connectivity index (χ2n) is 7.93. The third-order valence-corrected chi connectivity index (χ3v) is 6.22. The molecular formula is C29H28O. The largest absolute Gasteiger partial charge is 0.508 e. The number of phenols is 1. The molecule has 150 valence electrons. The molecule has 1 nitrogen and oxygen atoms in total. The van der Waals surface area contributed by atoms with Gasteiger partial charge in [-0.25, -0.2) is 0 Å². The molecule has 0 aliphatic rings. The molecule has 4 aromatic carbocycles. The van der Waals surface area contributed by atoms with Gasteiger partial charge in [-0.3, -0.25) is 0 Å². The summed E-state index contributed by atoms with van der Waals surface area (Å²) in [7, 11) is 0. The van der Waals surface area contributed by atoms with Gasteiger partial charge in [0.05, 0.1) is 5.41 Å². The zero-order valence-electron chi connectivity index (χ0n) is 17.6. The summed E-state index contributed by atoms with van der Waals surface area (Å²) in [6, 6.07) is 38.0. The summed E-state index contributed by atoms with van der Waals surface area (Å²) in [4.78, 5) is 0. The minimum Gasteiger partial charge on any atom is -0.508 e. The van der Waals surface area contributed by atoms with Gasteiger partial charge in [-0.15, -0.1) is 0 Å². The smallest absolute Gasteiger partial charge is 0.115 e. The topological polar surface area (TPSA) is 20.2 Å². The van der Waals surface area contributed by atoms with Gasteiger partial charge in [-0.1, -0.05) is 111 Å². The fourth-order valence-corrected chi connectivity index (χ4v) is 4.54. The summed E-state index contributed by atoms with van der Waals surface area (Å²) in [6.07, 6.45) is 1.08. The molecule has 0 saturated heterocycles. The zero-order valence-corrected chi connectivity index (χ0v) is 17.6. The van der Waals surface area contributed by atoms with E-state index in [9.17, 15) is 5.11 Å². The van der Waals surface area contributed by atoms with Gasteiger partial charge in [0.25, 0.3) is 0 Å². The van der Waals surface area contributed by atoms with Crippen LogP contribution in [0.3, 0.4) is 0 Å². The van der Waals surface area contributed by atoms with E-state index >= 15 is 0 Å². The van der Waals surface area contributed by atoms with Crippen LogP contribution >= 0.6 is 0 Å². The van der Waals surface area contributed by atoms with E-state index in [4.69, 9.17) is 0 Å². The predicted molar refractivity (Wildman–Crippen MR) is 125 cm³/mol. The number of hydrogen-bond donors (Lipinski definition) is 1. The van der Waals surface area contributed by atoms with Crippen molar-refractivity contribution in [1.29, 1.82) is 0 Å². The van der Waals surface area contributed by atoms with Crippen molar-refractivity contribution in [3.8, 4) is 5.75 Å². The third kappa shape index (κ3) is 3.41. The lowest BCUT2D eigenvalue weighted by atomic mass is 9.63. The highest BCUT2D eigenvalue weighted by atomic mass is 16.3. The number of rotatable bonds is 6. The lowest BCUT2D eigenvalue weighted by molar-refractivity contribution is 0.474. The zero-order chi connectivity index (χ0) is 21.0. The normalized spacial score (nSPS) is 12.5. The summed E-state index contributed by atoms with van der Waals surface area (Å²) in [5.74, 6) is 0.717. The number of aromatic hydroxyl groups is 1. The van der Waals surface area contributed by atoms with Crippen LogP contribution in [-0.4, -0.2) is 5.11 Å². The van der Waals surface area contributed by atoms with E-state index in [1.165, 1.54) is 22.3 Å². The van der Waals surface area contributed by atoms with E-state index in [1.54, 1.807) is 12.1 Å². The summed E-state index contributed by atoms with van der Waals surface area (Å²) < 4.78 is 0. The van der Waals surface area contributed by atoms with Gasteiger partial charge < -0.3 is 5.11 Å². The Labute approximate surface area is 179 Å². The van der Waals surface area contributed by atoms with E-state index in [1.807, 2.05) is 0 Å². The van der Waals surface area contributed by atoms with Crippen LogP contribution in [0.25, 0.3) is 0 Å². The predicted octanol–water partition coefficient (Wildman–Crippen LogP) is 7.29. The standard InChI is InChI=1S/C29H28O/c1-3-22(2)27-16-10-11-17-28(27)29(23-12-6-4-7-13-23,24-14-8-5-9-15-24)25-18-20-26(30)21-19-25/h4-22,30H,3H2,1-2H3. The van der Waals surface area contributed by atoms with Crippen LogP contribution < -0.4 is 0 Å². The lowest BCUT2D eigenvalue weighted by Crippen LogP contribution is -2.32. The molecule has 0 spiro atoms. The van der Waals surface area contributed by atoms with Crippen molar-refractivity contribution in [2.75, 3.05) is 0 Å². The van der Waals surface area contributed by atoms with Crippen LogP contribution in [0.2, 0.25) is 0 Å². The second-order valence-corrected chi connectivity index (χ2v) is 7.93. The van der Waals surface area contributed by atoms with Gasteiger partial charge in [0.2, 0.25) is 0 Å². The van der Waals surface area contributed by atoms with Gasteiger partial charge >= 0.3 is 0 Å². The van der Waals surface area contributed by atoms with Crippen LogP contribution in [0, 0.1) is 0 Å². The molecule has 0 saturated carbocycles. The van der Waals surface area contributed by atoms with Gasteiger partial charge in [0, 0.05) is 0 Å². The Morgan fingerprint density at radius 1 is 0.633 bits per heavy atom. The summed E-state index contributed by atoms with van der Waals surface area (Å²) in [5, 5.41) is 10.0. The molecule has 0 heterocycles. The molecule has 0 aliphatic carbocycles. The first kappa shape index (κ1) is 20.0. The minimum atomic E-state index is -0.476. The van der Waals surface area contributed by atoms with E-state index in [-0.39, 0.29) is 5.75 Å². The molecule has 1 heteroatoms. The Kier molecular flexibility index (Phi) is 5.72. The molecule has 4 aromatic rings. The molecule has 0 bridgehead atoms. The van der Waals surface area contributed by atoms with Crippen molar-refractivity contribution < 1.29 is 5.11 Å². The van der Waals surface area contributed by atoms with Gasteiger partial charge in [-0.05, 0) is 52.3 Å². The average molecular weight is 393 g/mol. The SMILES string of the molecule is CCC(C)c1ccccc1C(c1ccccc1)(c1ccccc1)c1ccc(O)cc1. The van der Waals surface area contributed by atoms with Crippen molar-refractivity contribution in [2.24, 2.45) is 0 Å². The summed E-state index contributed by atoms with van der Waals surface area (Å²) in [5.41, 5.74) is 5.77. The van der Waals surface area contributed by atoms with E-state index in [2.05, 4.69) is 111 Å². The number of benzene rings is 4. The first-order valence-corrected chi connectivity index (χ1v) is 10.7. The fraction of sp³-hybridized carbons (Fsp3) is 0.172. The number of hydrogen-bond acceptors (Lipinski definition) is 1. The highest BCUT2D eigenvalue weighted by Crippen LogP contribution is 2.47. The molecule has 0 fully saturated rings. The van der Waals surface area contributed by atoms with Crippen molar-refractivity contribution in [3.05, 3.63) is 137 Å². The monoisotopic (exact) mass is 392 g/mol. The fourth-order valence-electron chi connectivity index (χ4n) is 4.54. The Balaban J connectivity index is 2.16. The summed E-state index contributed by atoms with van der Waals surface area (Å²) >= 11 is 0. The van der Waals surface area contributed by atoms with E-state index < -0.39 is 5.41 Å². The Morgan fingerprint density at radius 3 is 1.63 bits per heavy atom. The first-order chi connectivity index (χ1) is 14.7. The molecule has 30 heavy (non-hydrogen) atoms. The van der Waals surface area contributed by atoms with Crippen LogP contribution in [0.1, 0.15) is 54.0 Å². The van der Waals surface area contributed by atoms with Gasteiger partial charge in [0.1, 0.15) is 5.75 Å². The first-order valence-electron chi connectivity index (χ1n) is 10.7. The third-order valence-electron chi connectivity index (χ3n) is 6.22. The Bertz CT molecular complexity index is 1040. The molecule has 0 radical (unpaired) electrons. The molecule has 1 unspecified atom stereocenters. The van der Waals surface area contributed by atoms with Gasteiger partial charge in [0.15, 0.2) is 0 Å². The molecular weight excluding hydrogens is 364 g/mol. The van der Waals surface area contributed by atoms with Crippen LogP contribution in [0.15, 0.2) is 109 Å². The minimum absolute atomic E-state index is 0.281. The van der Waals surface area contributed by atoms with Crippen LogP contribution in [0.5, 0.6) is 5.75 Å². The van der Waals surface area contributed by atoms with Crippen molar-refractivity contribution in [3.63, 3.8) is 0 Å². The van der Waals surface area contributed by atoms with E-state index in [0.29, 0.717) is 5.92 Å². The maximum Gasteiger partial charge on any atom is 0.115 e. The second kappa shape index (κ2) is 8.59. The molecule has 1 N–H and O–H groups in total. The highest BCUT2D eigenvalue weighted by Gasteiger charge is 2.40. The molecule has 0 aromatic heterocycles. The lowest BCUT2D eigenvalue weighted by Gasteiger charge is -2.39. The van der Waals surface area contributed by atoms with Crippen molar-refractivity contribution >= 4 is 0 Å². The quantitative estimate of drug-likeness (QED) is 0.342. The molecule has 0 aliphatic heterocycles. The van der Waals surface area contributed by atoms with Crippen molar-refractivity contribution in [2.45, 2.75) is 31.6 Å². The van der Waals surface area contributed by atoms with Gasteiger partial charge in [-0.2, -0.15) is 0 Å². The average Bonchev–Trinajstić information content (AvgIpc) is 2.82. The summed E-state index contributed by atoms with van der Waals surface area (Å²) in [6.45, 7) is 4.55. The molecule has 0 amide bonds. The molecule has 4 rings (SSSR count). The molecule has 1 atom stereocenters. The van der Waals surface area contributed by atoms with E-state index in [0.717, 1.165) is 12.0 Å². The van der Waals surface area contributed by atoms with Crippen LogP contribution in [-0.2, 0) is 5.41 Å². The highest BCUT2D eigenvalue weighted by molar-refractivity contribution is 5.62. The number of phenolic OH excluding ortho intramolecular Hbond substituents is 1. The Morgan fingerprint density at radius 2 is 1.10 bits per heavy atom. The Hall–Kier alpha value is -3.32. The van der Waals surface area contributed by atoms with Crippen LogP contribution in [0.4, 0.5) is 0 Å². The maximum atomic E-state index is 10.0. The van der Waals surface area contributed by atoms with Crippen molar-refractivity contribution in [1.82, 2.24) is 0 Å².